The van der Waals surface area contributed by atoms with Crippen LogP contribution in [0.15, 0.2) is 0 Å². The maximum absolute atomic E-state index is 12.4. The van der Waals surface area contributed by atoms with Gasteiger partial charge in [-0.25, -0.2) is 8.78 Å². The highest BCUT2D eigenvalue weighted by Gasteiger charge is 2.14. The summed E-state index contributed by atoms with van der Waals surface area (Å²) in [5.41, 5.74) is 0. The second kappa shape index (κ2) is 7.65. The highest BCUT2D eigenvalue weighted by molar-refractivity contribution is 5.37. The second-order valence-electron chi connectivity index (χ2n) is 3.87. The van der Waals surface area contributed by atoms with Crippen LogP contribution >= 0.6 is 0 Å². The number of alkyl halides is 2. The predicted octanol–water partition coefficient (Wildman–Crippen LogP) is 1.79. The lowest BCUT2D eigenvalue weighted by atomic mass is 10.5. The Balaban J connectivity index is 2.91. The molecular formula is C11H19F2N5O. The fourth-order valence-corrected chi connectivity index (χ4v) is 1.31. The van der Waals surface area contributed by atoms with Crippen molar-refractivity contribution in [2.75, 3.05) is 37.0 Å². The summed E-state index contributed by atoms with van der Waals surface area (Å²) >= 11 is 0. The number of halogens is 2. The van der Waals surface area contributed by atoms with Gasteiger partial charge >= 0.3 is 6.01 Å². The summed E-state index contributed by atoms with van der Waals surface area (Å²) < 4.78 is 29.9. The molecule has 0 saturated carbocycles. The van der Waals surface area contributed by atoms with Crippen molar-refractivity contribution in [3.8, 4) is 6.01 Å². The Hall–Kier alpha value is -1.73. The molecule has 0 saturated heterocycles. The zero-order valence-electron chi connectivity index (χ0n) is 11.4. The van der Waals surface area contributed by atoms with Gasteiger partial charge in [-0.05, 0) is 13.3 Å². The largest absolute Gasteiger partial charge is 0.464 e. The van der Waals surface area contributed by atoms with Gasteiger partial charge in [-0.15, -0.1) is 0 Å². The van der Waals surface area contributed by atoms with E-state index >= 15 is 0 Å². The minimum absolute atomic E-state index is 0.132. The van der Waals surface area contributed by atoms with Crippen molar-refractivity contribution in [3.63, 3.8) is 0 Å². The van der Waals surface area contributed by atoms with Crippen molar-refractivity contribution in [2.45, 2.75) is 26.7 Å². The van der Waals surface area contributed by atoms with E-state index < -0.39 is 13.0 Å². The van der Waals surface area contributed by atoms with Crippen molar-refractivity contribution in [1.82, 2.24) is 15.0 Å². The van der Waals surface area contributed by atoms with E-state index in [9.17, 15) is 8.78 Å². The molecule has 1 N–H and O–H groups in total. The lowest BCUT2D eigenvalue weighted by Gasteiger charge is -2.17. The van der Waals surface area contributed by atoms with Gasteiger partial charge in [0.25, 0.3) is 6.43 Å². The number of ether oxygens (including phenoxy) is 1. The van der Waals surface area contributed by atoms with Crippen LogP contribution in [0.3, 0.4) is 0 Å². The van der Waals surface area contributed by atoms with Gasteiger partial charge in [0.05, 0.1) is 13.2 Å². The minimum atomic E-state index is -2.45. The molecule has 0 spiro atoms. The van der Waals surface area contributed by atoms with Gasteiger partial charge in [-0.1, -0.05) is 6.92 Å². The van der Waals surface area contributed by atoms with Gasteiger partial charge < -0.3 is 15.0 Å². The zero-order chi connectivity index (χ0) is 14.3. The minimum Gasteiger partial charge on any atom is -0.464 e. The van der Waals surface area contributed by atoms with E-state index in [-0.39, 0.29) is 12.0 Å². The number of hydrogen-bond donors (Lipinski definition) is 1. The first-order valence-electron chi connectivity index (χ1n) is 6.18. The van der Waals surface area contributed by atoms with Crippen molar-refractivity contribution in [2.24, 2.45) is 0 Å². The third-order valence-electron chi connectivity index (χ3n) is 2.16. The van der Waals surface area contributed by atoms with Crippen molar-refractivity contribution >= 4 is 11.9 Å². The molecular weight excluding hydrogens is 256 g/mol. The fourth-order valence-electron chi connectivity index (χ4n) is 1.31. The monoisotopic (exact) mass is 275 g/mol. The van der Waals surface area contributed by atoms with Gasteiger partial charge in [-0.2, -0.15) is 15.0 Å². The fraction of sp³-hybridized carbons (Fsp3) is 0.727. The van der Waals surface area contributed by atoms with E-state index in [2.05, 4.69) is 20.3 Å². The number of rotatable bonds is 8. The summed E-state index contributed by atoms with van der Waals surface area (Å²) in [5.74, 6) is 0.494. The van der Waals surface area contributed by atoms with Crippen LogP contribution in [0.2, 0.25) is 0 Å². The zero-order valence-corrected chi connectivity index (χ0v) is 11.4. The van der Waals surface area contributed by atoms with Crippen LogP contribution in [0.4, 0.5) is 20.7 Å². The highest BCUT2D eigenvalue weighted by atomic mass is 19.3. The van der Waals surface area contributed by atoms with Crippen molar-refractivity contribution in [1.29, 1.82) is 0 Å². The molecule has 19 heavy (non-hydrogen) atoms. The molecule has 0 aliphatic carbocycles. The Morgan fingerprint density at radius 1 is 1.26 bits per heavy atom. The SMILES string of the molecule is CCCNc1nc(OCC)nc(N(C)CC(F)F)n1. The third-order valence-corrected chi connectivity index (χ3v) is 2.16. The molecule has 0 amide bonds. The third kappa shape index (κ3) is 5.19. The maximum atomic E-state index is 12.4. The Bertz CT molecular complexity index is 391. The number of aromatic nitrogens is 3. The lowest BCUT2D eigenvalue weighted by molar-refractivity contribution is 0.156. The number of anilines is 2. The van der Waals surface area contributed by atoms with E-state index in [0.29, 0.717) is 19.1 Å². The average Bonchev–Trinajstić information content (AvgIpc) is 2.35. The van der Waals surface area contributed by atoms with Crippen LogP contribution < -0.4 is 15.0 Å². The van der Waals surface area contributed by atoms with E-state index in [1.807, 2.05) is 6.92 Å². The van der Waals surface area contributed by atoms with Crippen LogP contribution in [0, 0.1) is 0 Å². The molecule has 0 fully saturated rings. The van der Waals surface area contributed by atoms with Crippen LogP contribution in [0.5, 0.6) is 6.01 Å². The molecule has 108 valence electrons. The van der Waals surface area contributed by atoms with Crippen LogP contribution in [-0.4, -0.2) is 48.1 Å². The molecule has 0 aromatic carbocycles. The van der Waals surface area contributed by atoms with Gasteiger partial charge in [0.2, 0.25) is 11.9 Å². The Kier molecular flexibility index (Phi) is 6.17. The van der Waals surface area contributed by atoms with E-state index in [1.165, 1.54) is 11.9 Å². The molecule has 0 aliphatic rings. The first-order valence-corrected chi connectivity index (χ1v) is 6.18. The summed E-state index contributed by atoms with van der Waals surface area (Å²) in [4.78, 5) is 13.4. The lowest BCUT2D eigenvalue weighted by Crippen LogP contribution is -2.26. The van der Waals surface area contributed by atoms with E-state index in [0.717, 1.165) is 6.42 Å². The highest BCUT2D eigenvalue weighted by Crippen LogP contribution is 2.15. The number of hydrogen-bond acceptors (Lipinski definition) is 6. The first kappa shape index (κ1) is 15.3. The molecule has 0 atom stereocenters. The predicted molar refractivity (Wildman–Crippen MR) is 69.1 cm³/mol. The molecule has 0 unspecified atom stereocenters. The Morgan fingerprint density at radius 2 is 2.00 bits per heavy atom. The number of nitrogens with one attached hydrogen (secondary N) is 1. The van der Waals surface area contributed by atoms with Crippen LogP contribution in [-0.2, 0) is 0 Å². The van der Waals surface area contributed by atoms with Gasteiger partial charge in [0.1, 0.15) is 0 Å². The molecule has 6 nitrogen and oxygen atoms in total. The van der Waals surface area contributed by atoms with E-state index in [4.69, 9.17) is 4.74 Å². The first-order chi connectivity index (χ1) is 9.06. The second-order valence-corrected chi connectivity index (χ2v) is 3.87. The number of nitrogens with zero attached hydrogens (tertiary/aromatic N) is 4. The standard InChI is InChI=1S/C11H19F2N5O/c1-4-6-14-9-15-10(18(3)7-8(12)13)17-11(16-9)19-5-2/h8H,4-7H2,1-3H3,(H,14,15,16,17). The molecule has 0 bridgehead atoms. The molecule has 0 radical (unpaired) electrons. The summed E-state index contributed by atoms with van der Waals surface area (Å²) in [5, 5.41) is 2.99. The maximum Gasteiger partial charge on any atom is 0.323 e. The Labute approximate surface area is 111 Å². The molecule has 1 heterocycles. The summed E-state index contributed by atoms with van der Waals surface area (Å²) in [7, 11) is 1.50. The van der Waals surface area contributed by atoms with E-state index in [1.54, 1.807) is 6.92 Å². The van der Waals surface area contributed by atoms with Gasteiger partial charge in [-0.3, -0.25) is 0 Å². The molecule has 1 rings (SSSR count). The normalized spacial score (nSPS) is 10.6. The van der Waals surface area contributed by atoms with Crippen molar-refractivity contribution in [3.05, 3.63) is 0 Å². The smallest absolute Gasteiger partial charge is 0.323 e. The van der Waals surface area contributed by atoms with Gasteiger partial charge in [0.15, 0.2) is 0 Å². The van der Waals surface area contributed by atoms with Gasteiger partial charge in [0, 0.05) is 13.6 Å². The quantitative estimate of drug-likeness (QED) is 0.780. The van der Waals surface area contributed by atoms with Crippen molar-refractivity contribution < 1.29 is 13.5 Å². The summed E-state index contributed by atoms with van der Waals surface area (Å²) in [6.45, 7) is 4.44. The molecule has 0 aliphatic heterocycles. The summed E-state index contributed by atoms with van der Waals surface area (Å²) in [6, 6.07) is 0.132. The average molecular weight is 275 g/mol. The Morgan fingerprint density at radius 3 is 2.58 bits per heavy atom. The molecule has 1 aromatic rings. The van der Waals surface area contributed by atoms with Crippen LogP contribution in [0.25, 0.3) is 0 Å². The summed E-state index contributed by atoms with van der Waals surface area (Å²) in [6.07, 6.45) is -1.55. The molecule has 8 heteroatoms. The topological polar surface area (TPSA) is 63.2 Å². The molecule has 1 aromatic heterocycles. The van der Waals surface area contributed by atoms with Crippen LogP contribution in [0.1, 0.15) is 20.3 Å².